The Balaban J connectivity index is 1.71. The minimum absolute atomic E-state index is 0.179. The van der Waals surface area contributed by atoms with Crippen LogP contribution in [0.25, 0.3) is 0 Å². The zero-order valence-corrected chi connectivity index (χ0v) is 16.6. The molecule has 1 atom stereocenters. The second kappa shape index (κ2) is 10.7. The van der Waals surface area contributed by atoms with Gasteiger partial charge in [0.1, 0.15) is 11.6 Å². The normalized spacial score (nSPS) is 11.8. The monoisotopic (exact) mass is 415 g/mol. The Morgan fingerprint density at radius 1 is 1.23 bits per heavy atom. The van der Waals surface area contributed by atoms with Crippen LogP contribution in [-0.2, 0) is 10.5 Å². The summed E-state index contributed by atoms with van der Waals surface area (Å²) in [4.78, 5) is 12.2. The third-order valence-electron chi connectivity index (χ3n) is 3.57. The highest BCUT2D eigenvalue weighted by molar-refractivity contribution is 7.98. The topological polar surface area (TPSA) is 38.3 Å². The number of carbonyl (C=O) groups excluding carboxylic acids is 1. The molecule has 140 valence electrons. The summed E-state index contributed by atoms with van der Waals surface area (Å²) < 4.78 is 18.5. The number of rotatable bonds is 9. The number of hydrogen-bond donors (Lipinski definition) is 1. The minimum atomic E-state index is -0.601. The SMILES string of the molecule is CC[C@H](Oc1ccc(F)cc1)C(=O)NCCSCc1ccc(Cl)cc1Cl. The van der Waals surface area contributed by atoms with E-state index in [0.29, 0.717) is 28.8 Å². The molecule has 0 aromatic heterocycles. The first kappa shape index (κ1) is 20.9. The molecule has 26 heavy (non-hydrogen) atoms. The van der Waals surface area contributed by atoms with Crippen molar-refractivity contribution in [1.29, 1.82) is 0 Å². The van der Waals surface area contributed by atoms with Crippen molar-refractivity contribution >= 4 is 40.9 Å². The summed E-state index contributed by atoms with van der Waals surface area (Å²) in [5.74, 6) is 1.45. The van der Waals surface area contributed by atoms with Gasteiger partial charge in [0.05, 0.1) is 0 Å². The Kier molecular flexibility index (Phi) is 8.55. The third kappa shape index (κ3) is 6.71. The number of carbonyl (C=O) groups is 1. The molecule has 1 N–H and O–H groups in total. The maximum atomic E-state index is 12.9. The van der Waals surface area contributed by atoms with Crippen LogP contribution in [0.5, 0.6) is 5.75 Å². The molecule has 2 rings (SSSR count). The highest BCUT2D eigenvalue weighted by atomic mass is 35.5. The van der Waals surface area contributed by atoms with E-state index in [0.717, 1.165) is 17.1 Å². The fraction of sp³-hybridized carbons (Fsp3) is 0.316. The first-order valence-electron chi connectivity index (χ1n) is 8.21. The van der Waals surface area contributed by atoms with E-state index in [1.807, 2.05) is 19.1 Å². The molecule has 0 fully saturated rings. The van der Waals surface area contributed by atoms with E-state index in [1.54, 1.807) is 17.8 Å². The second-order valence-electron chi connectivity index (χ2n) is 5.55. The molecule has 2 aromatic carbocycles. The average Bonchev–Trinajstić information content (AvgIpc) is 2.62. The molecule has 0 heterocycles. The summed E-state index contributed by atoms with van der Waals surface area (Å²) in [6.45, 7) is 2.39. The molecule has 0 unspecified atom stereocenters. The van der Waals surface area contributed by atoms with E-state index < -0.39 is 6.10 Å². The van der Waals surface area contributed by atoms with Crippen molar-refractivity contribution in [3.63, 3.8) is 0 Å². The molecule has 0 saturated heterocycles. The van der Waals surface area contributed by atoms with E-state index in [2.05, 4.69) is 5.32 Å². The summed E-state index contributed by atoms with van der Waals surface area (Å²) in [5, 5.41) is 4.12. The molecular weight excluding hydrogens is 396 g/mol. The lowest BCUT2D eigenvalue weighted by molar-refractivity contribution is -0.127. The van der Waals surface area contributed by atoms with Gasteiger partial charge < -0.3 is 10.1 Å². The van der Waals surface area contributed by atoms with Crippen molar-refractivity contribution in [3.05, 3.63) is 63.9 Å². The standard InChI is InChI=1S/C19H20Cl2FNO2S/c1-2-18(25-16-7-5-15(22)6-8-16)19(24)23-9-10-26-12-13-3-4-14(20)11-17(13)21/h3-8,11,18H,2,9-10,12H2,1H3,(H,23,24)/t18-/m0/s1. The van der Waals surface area contributed by atoms with E-state index in [-0.39, 0.29) is 11.7 Å². The Morgan fingerprint density at radius 3 is 2.62 bits per heavy atom. The lowest BCUT2D eigenvalue weighted by Crippen LogP contribution is -2.39. The van der Waals surface area contributed by atoms with Crippen molar-refractivity contribution in [2.45, 2.75) is 25.2 Å². The van der Waals surface area contributed by atoms with Gasteiger partial charge in [-0.05, 0) is 48.4 Å². The molecule has 1 amide bonds. The molecule has 0 bridgehead atoms. The number of ether oxygens (including phenoxy) is 1. The Bertz CT molecular complexity index is 728. The molecule has 0 aliphatic heterocycles. The predicted octanol–water partition coefficient (Wildman–Crippen LogP) is 5.34. The van der Waals surface area contributed by atoms with Crippen LogP contribution >= 0.6 is 35.0 Å². The number of hydrogen-bond acceptors (Lipinski definition) is 3. The lowest BCUT2D eigenvalue weighted by Gasteiger charge is -2.17. The van der Waals surface area contributed by atoms with E-state index in [1.165, 1.54) is 24.3 Å². The zero-order chi connectivity index (χ0) is 18.9. The Hall–Kier alpha value is -1.43. The van der Waals surface area contributed by atoms with Gasteiger partial charge >= 0.3 is 0 Å². The van der Waals surface area contributed by atoms with Gasteiger partial charge in [-0.1, -0.05) is 36.2 Å². The quantitative estimate of drug-likeness (QED) is 0.561. The second-order valence-corrected chi connectivity index (χ2v) is 7.50. The maximum absolute atomic E-state index is 12.9. The Labute approximate surface area is 167 Å². The summed E-state index contributed by atoms with van der Waals surface area (Å²) in [5.41, 5.74) is 1.01. The predicted molar refractivity (Wildman–Crippen MR) is 107 cm³/mol. The van der Waals surface area contributed by atoms with Gasteiger partial charge in [0.25, 0.3) is 5.91 Å². The summed E-state index contributed by atoms with van der Waals surface area (Å²) in [7, 11) is 0. The Morgan fingerprint density at radius 2 is 1.96 bits per heavy atom. The first-order chi connectivity index (χ1) is 12.5. The van der Waals surface area contributed by atoms with Crippen molar-refractivity contribution in [1.82, 2.24) is 5.32 Å². The average molecular weight is 416 g/mol. The highest BCUT2D eigenvalue weighted by Gasteiger charge is 2.17. The van der Waals surface area contributed by atoms with Crippen LogP contribution in [0, 0.1) is 5.82 Å². The van der Waals surface area contributed by atoms with Crippen molar-refractivity contribution in [2.24, 2.45) is 0 Å². The number of halogens is 3. The minimum Gasteiger partial charge on any atom is -0.481 e. The van der Waals surface area contributed by atoms with Gasteiger partial charge in [0, 0.05) is 28.1 Å². The molecule has 2 aromatic rings. The van der Waals surface area contributed by atoms with Crippen LogP contribution in [0.3, 0.4) is 0 Å². The van der Waals surface area contributed by atoms with Crippen LogP contribution in [0.1, 0.15) is 18.9 Å². The van der Waals surface area contributed by atoms with Crippen LogP contribution in [-0.4, -0.2) is 24.3 Å². The summed E-state index contributed by atoms with van der Waals surface area (Å²) in [6, 6.07) is 11.1. The molecule has 0 saturated carbocycles. The van der Waals surface area contributed by atoms with Crippen LogP contribution < -0.4 is 10.1 Å². The van der Waals surface area contributed by atoms with Gasteiger partial charge in [-0.15, -0.1) is 0 Å². The molecule has 0 aliphatic rings. The highest BCUT2D eigenvalue weighted by Crippen LogP contribution is 2.24. The number of thioether (sulfide) groups is 1. The van der Waals surface area contributed by atoms with Crippen LogP contribution in [0.15, 0.2) is 42.5 Å². The number of amides is 1. The van der Waals surface area contributed by atoms with Crippen molar-refractivity contribution < 1.29 is 13.9 Å². The maximum Gasteiger partial charge on any atom is 0.261 e. The largest absolute Gasteiger partial charge is 0.481 e. The fourth-order valence-electron chi connectivity index (χ4n) is 2.18. The smallest absolute Gasteiger partial charge is 0.261 e. The van der Waals surface area contributed by atoms with Crippen molar-refractivity contribution in [3.8, 4) is 5.75 Å². The van der Waals surface area contributed by atoms with Gasteiger partial charge in [0.15, 0.2) is 6.10 Å². The van der Waals surface area contributed by atoms with Gasteiger partial charge in [-0.3, -0.25) is 4.79 Å². The first-order valence-corrected chi connectivity index (χ1v) is 10.1. The summed E-state index contributed by atoms with van der Waals surface area (Å²) in [6.07, 6.45) is -0.0762. The zero-order valence-electron chi connectivity index (χ0n) is 14.3. The van der Waals surface area contributed by atoms with E-state index in [4.69, 9.17) is 27.9 Å². The molecule has 7 heteroatoms. The molecule has 0 aliphatic carbocycles. The molecule has 0 radical (unpaired) electrons. The molecular formula is C19H20Cl2FNO2S. The number of nitrogens with one attached hydrogen (secondary N) is 1. The van der Waals surface area contributed by atoms with Gasteiger partial charge in [-0.2, -0.15) is 11.8 Å². The van der Waals surface area contributed by atoms with E-state index >= 15 is 0 Å². The summed E-state index contributed by atoms with van der Waals surface area (Å²) >= 11 is 13.7. The molecule has 0 spiro atoms. The van der Waals surface area contributed by atoms with Crippen LogP contribution in [0.2, 0.25) is 10.0 Å². The van der Waals surface area contributed by atoms with E-state index in [9.17, 15) is 9.18 Å². The lowest BCUT2D eigenvalue weighted by atomic mass is 10.2. The fourth-order valence-corrected chi connectivity index (χ4v) is 3.60. The van der Waals surface area contributed by atoms with Crippen LogP contribution in [0.4, 0.5) is 4.39 Å². The van der Waals surface area contributed by atoms with Crippen molar-refractivity contribution in [2.75, 3.05) is 12.3 Å². The molecule has 3 nitrogen and oxygen atoms in total. The third-order valence-corrected chi connectivity index (χ3v) is 5.17. The van der Waals surface area contributed by atoms with Gasteiger partial charge in [0.2, 0.25) is 0 Å². The van der Waals surface area contributed by atoms with Gasteiger partial charge in [-0.25, -0.2) is 4.39 Å². The number of benzene rings is 2.